The molecule has 0 radical (unpaired) electrons. The summed E-state index contributed by atoms with van der Waals surface area (Å²) in [6.45, 7) is 3.79. The van der Waals surface area contributed by atoms with Crippen LogP contribution in [0.25, 0.3) is 0 Å². The van der Waals surface area contributed by atoms with Crippen molar-refractivity contribution in [2.75, 3.05) is 13.1 Å². The van der Waals surface area contributed by atoms with Crippen LogP contribution in [0.15, 0.2) is 0 Å². The second-order valence-corrected chi connectivity index (χ2v) is 4.42. The predicted octanol–water partition coefficient (Wildman–Crippen LogP) is 1.94. The zero-order chi connectivity index (χ0) is 11.1. The van der Waals surface area contributed by atoms with Crippen LogP contribution in [0.5, 0.6) is 0 Å². The lowest BCUT2D eigenvalue weighted by atomic mass is 10.1. The number of hydrogen-bond donors (Lipinski definition) is 1. The van der Waals surface area contributed by atoms with Crippen molar-refractivity contribution in [1.29, 1.82) is 0 Å². The fraction of sp³-hybridized carbons (Fsp3) is 0.917. The zero-order valence-corrected chi connectivity index (χ0v) is 9.74. The van der Waals surface area contributed by atoms with E-state index in [1.165, 1.54) is 12.8 Å². The number of rotatable bonds is 7. The number of unbranched alkanes of at least 4 members (excludes halogenated alkanes) is 2. The Morgan fingerprint density at radius 3 is 2.80 bits per heavy atom. The van der Waals surface area contributed by atoms with E-state index in [0.717, 1.165) is 38.8 Å². The Morgan fingerprint density at radius 1 is 1.40 bits per heavy atom. The van der Waals surface area contributed by atoms with Crippen LogP contribution in [-0.4, -0.2) is 35.1 Å². The SMILES string of the molecule is CCCCC[C@H](O)CCN1CCCC1=O. The lowest BCUT2D eigenvalue weighted by Gasteiger charge is -2.17. The summed E-state index contributed by atoms with van der Waals surface area (Å²) in [6, 6.07) is 0. The molecule has 1 heterocycles. The molecule has 1 rings (SSSR count). The van der Waals surface area contributed by atoms with Gasteiger partial charge in [0.15, 0.2) is 0 Å². The van der Waals surface area contributed by atoms with Gasteiger partial charge in [-0.3, -0.25) is 4.79 Å². The topological polar surface area (TPSA) is 40.5 Å². The van der Waals surface area contributed by atoms with Gasteiger partial charge in [0.2, 0.25) is 5.91 Å². The van der Waals surface area contributed by atoms with E-state index < -0.39 is 0 Å². The highest BCUT2D eigenvalue weighted by Crippen LogP contribution is 2.12. The van der Waals surface area contributed by atoms with E-state index in [4.69, 9.17) is 0 Å². The molecule has 0 aromatic carbocycles. The molecule has 1 saturated heterocycles. The predicted molar refractivity (Wildman–Crippen MR) is 60.6 cm³/mol. The summed E-state index contributed by atoms with van der Waals surface area (Å²) in [4.78, 5) is 13.2. The molecule has 1 aliphatic heterocycles. The van der Waals surface area contributed by atoms with Gasteiger partial charge in [0.05, 0.1) is 6.10 Å². The van der Waals surface area contributed by atoms with Crippen LogP contribution in [0.2, 0.25) is 0 Å². The summed E-state index contributed by atoms with van der Waals surface area (Å²) in [6.07, 6.45) is 6.59. The third-order valence-corrected chi connectivity index (χ3v) is 3.04. The monoisotopic (exact) mass is 213 g/mol. The van der Waals surface area contributed by atoms with E-state index >= 15 is 0 Å². The molecule has 0 aromatic rings. The average molecular weight is 213 g/mol. The largest absolute Gasteiger partial charge is 0.393 e. The first kappa shape index (κ1) is 12.5. The van der Waals surface area contributed by atoms with Crippen LogP contribution in [0.4, 0.5) is 0 Å². The molecule has 1 aliphatic rings. The van der Waals surface area contributed by atoms with Crippen molar-refractivity contribution in [3.8, 4) is 0 Å². The molecule has 88 valence electrons. The number of aliphatic hydroxyl groups is 1. The van der Waals surface area contributed by atoms with Crippen LogP contribution in [0.1, 0.15) is 51.9 Å². The van der Waals surface area contributed by atoms with Gasteiger partial charge in [-0.25, -0.2) is 0 Å². The minimum absolute atomic E-state index is 0.218. The third kappa shape index (κ3) is 4.65. The number of hydrogen-bond acceptors (Lipinski definition) is 2. The fourth-order valence-electron chi connectivity index (χ4n) is 2.02. The molecular weight excluding hydrogens is 190 g/mol. The molecule has 0 spiro atoms. The molecule has 15 heavy (non-hydrogen) atoms. The van der Waals surface area contributed by atoms with Crippen LogP contribution >= 0.6 is 0 Å². The van der Waals surface area contributed by atoms with Crippen molar-refractivity contribution in [1.82, 2.24) is 4.90 Å². The van der Waals surface area contributed by atoms with Gasteiger partial charge in [-0.2, -0.15) is 0 Å². The van der Waals surface area contributed by atoms with E-state index in [2.05, 4.69) is 6.92 Å². The number of carbonyl (C=O) groups excluding carboxylic acids is 1. The minimum Gasteiger partial charge on any atom is -0.393 e. The van der Waals surface area contributed by atoms with Gasteiger partial charge in [0.25, 0.3) is 0 Å². The van der Waals surface area contributed by atoms with Crippen LogP contribution in [0.3, 0.4) is 0 Å². The zero-order valence-electron chi connectivity index (χ0n) is 9.74. The molecule has 1 fully saturated rings. The van der Waals surface area contributed by atoms with Gasteiger partial charge in [0, 0.05) is 19.5 Å². The fourth-order valence-corrected chi connectivity index (χ4v) is 2.02. The number of carbonyl (C=O) groups is 1. The number of nitrogens with zero attached hydrogens (tertiary/aromatic N) is 1. The van der Waals surface area contributed by atoms with Gasteiger partial charge in [-0.1, -0.05) is 26.2 Å². The second kappa shape index (κ2) is 6.83. The minimum atomic E-state index is -0.218. The Balaban J connectivity index is 2.05. The van der Waals surface area contributed by atoms with Crippen molar-refractivity contribution < 1.29 is 9.90 Å². The summed E-state index contributed by atoms with van der Waals surface area (Å²) >= 11 is 0. The Kier molecular flexibility index (Phi) is 5.69. The first-order valence-corrected chi connectivity index (χ1v) is 6.20. The molecule has 1 N–H and O–H groups in total. The molecule has 0 unspecified atom stereocenters. The summed E-state index contributed by atoms with van der Waals surface area (Å²) in [5.41, 5.74) is 0. The Bertz CT molecular complexity index is 194. The van der Waals surface area contributed by atoms with Crippen molar-refractivity contribution in [2.24, 2.45) is 0 Å². The Hall–Kier alpha value is -0.570. The smallest absolute Gasteiger partial charge is 0.222 e. The maximum absolute atomic E-state index is 11.3. The molecule has 0 aliphatic carbocycles. The first-order chi connectivity index (χ1) is 7.24. The Morgan fingerprint density at radius 2 is 2.20 bits per heavy atom. The number of amides is 1. The summed E-state index contributed by atoms with van der Waals surface area (Å²) in [7, 11) is 0. The van der Waals surface area contributed by atoms with Crippen molar-refractivity contribution in [3.05, 3.63) is 0 Å². The highest BCUT2D eigenvalue weighted by Gasteiger charge is 2.20. The van der Waals surface area contributed by atoms with E-state index in [-0.39, 0.29) is 12.0 Å². The lowest BCUT2D eigenvalue weighted by molar-refractivity contribution is -0.127. The molecule has 0 bridgehead atoms. The van der Waals surface area contributed by atoms with Crippen LogP contribution < -0.4 is 0 Å². The van der Waals surface area contributed by atoms with Gasteiger partial charge in [0.1, 0.15) is 0 Å². The van der Waals surface area contributed by atoms with E-state index in [1.54, 1.807) is 0 Å². The van der Waals surface area contributed by atoms with Crippen molar-refractivity contribution in [3.63, 3.8) is 0 Å². The first-order valence-electron chi connectivity index (χ1n) is 6.20. The molecule has 1 amide bonds. The van der Waals surface area contributed by atoms with Gasteiger partial charge in [-0.05, 0) is 19.3 Å². The molecule has 1 atom stereocenters. The molecule has 3 nitrogen and oxygen atoms in total. The molecule has 0 saturated carbocycles. The molecule has 3 heteroatoms. The Labute approximate surface area is 92.5 Å². The quantitative estimate of drug-likeness (QED) is 0.657. The lowest BCUT2D eigenvalue weighted by Crippen LogP contribution is -2.28. The maximum atomic E-state index is 11.3. The van der Waals surface area contributed by atoms with Gasteiger partial charge >= 0.3 is 0 Å². The highest BCUT2D eigenvalue weighted by atomic mass is 16.3. The normalized spacial score (nSPS) is 18.5. The molecule has 0 aromatic heterocycles. The van der Waals surface area contributed by atoms with E-state index in [0.29, 0.717) is 6.42 Å². The average Bonchev–Trinajstić information content (AvgIpc) is 2.61. The number of likely N-dealkylation sites (tertiary alicyclic amines) is 1. The maximum Gasteiger partial charge on any atom is 0.222 e. The van der Waals surface area contributed by atoms with Gasteiger partial charge in [-0.15, -0.1) is 0 Å². The van der Waals surface area contributed by atoms with Crippen molar-refractivity contribution >= 4 is 5.91 Å². The second-order valence-electron chi connectivity index (χ2n) is 4.42. The van der Waals surface area contributed by atoms with Crippen molar-refractivity contribution in [2.45, 2.75) is 58.0 Å². The van der Waals surface area contributed by atoms with E-state index in [9.17, 15) is 9.90 Å². The summed E-state index contributed by atoms with van der Waals surface area (Å²) in [5.74, 6) is 0.260. The standard InChI is InChI=1S/C12H23NO2/c1-2-3-4-6-11(14)8-10-13-9-5-7-12(13)15/h11,14H,2-10H2,1H3/t11-/m0/s1. The van der Waals surface area contributed by atoms with Crippen LogP contribution in [0, 0.1) is 0 Å². The van der Waals surface area contributed by atoms with Crippen LogP contribution in [-0.2, 0) is 4.79 Å². The number of aliphatic hydroxyl groups excluding tert-OH is 1. The molecular formula is C12H23NO2. The highest BCUT2D eigenvalue weighted by molar-refractivity contribution is 5.77. The van der Waals surface area contributed by atoms with E-state index in [1.807, 2.05) is 4.90 Å². The third-order valence-electron chi connectivity index (χ3n) is 3.04. The summed E-state index contributed by atoms with van der Waals surface area (Å²) in [5, 5.41) is 9.68. The summed E-state index contributed by atoms with van der Waals surface area (Å²) < 4.78 is 0. The van der Waals surface area contributed by atoms with Gasteiger partial charge < -0.3 is 10.0 Å².